The highest BCUT2D eigenvalue weighted by atomic mass is 16.5. The molecule has 0 aliphatic carbocycles. The van der Waals surface area contributed by atoms with E-state index in [0.717, 1.165) is 0 Å². The summed E-state index contributed by atoms with van der Waals surface area (Å²) in [5.41, 5.74) is 0.820. The van der Waals surface area contributed by atoms with E-state index in [9.17, 15) is 10.1 Å². The van der Waals surface area contributed by atoms with Gasteiger partial charge in [-0.1, -0.05) is 0 Å². The number of carbonyl (C=O) groups is 1. The molecule has 0 aromatic heterocycles. The molecule has 0 spiro atoms. The first-order valence-corrected chi connectivity index (χ1v) is 8.18. The minimum Gasteiger partial charge on any atom is -0.497 e. The number of ether oxygens (including phenoxy) is 4. The number of rotatable bonds is 8. The third-order valence-corrected chi connectivity index (χ3v) is 3.80. The van der Waals surface area contributed by atoms with E-state index in [1.54, 1.807) is 43.5 Å². The number of carbonyl (C=O) groups excluding carboxylic acids is 1. The van der Waals surface area contributed by atoms with Crippen LogP contribution in [-0.2, 0) is 4.79 Å². The van der Waals surface area contributed by atoms with Crippen LogP contribution in [0.2, 0.25) is 0 Å². The molecule has 1 amide bonds. The third-order valence-electron chi connectivity index (χ3n) is 3.80. The Hall–Kier alpha value is -3.86. The highest BCUT2D eigenvalue weighted by Gasteiger charge is 2.14. The molecular formula is C20H21N3O5. The first-order valence-electron chi connectivity index (χ1n) is 8.18. The Morgan fingerprint density at radius 3 is 2.14 bits per heavy atom. The second-order valence-corrected chi connectivity index (χ2v) is 5.40. The predicted molar refractivity (Wildman–Crippen MR) is 105 cm³/mol. The van der Waals surface area contributed by atoms with Gasteiger partial charge < -0.3 is 29.6 Å². The molecule has 8 heteroatoms. The van der Waals surface area contributed by atoms with Gasteiger partial charge in [-0.15, -0.1) is 0 Å². The van der Waals surface area contributed by atoms with Crippen LogP contribution < -0.4 is 29.6 Å². The Balaban J connectivity index is 2.21. The fourth-order valence-electron chi connectivity index (χ4n) is 2.32. The maximum atomic E-state index is 12.5. The van der Waals surface area contributed by atoms with Gasteiger partial charge in [-0.05, 0) is 24.3 Å². The number of methoxy groups -OCH3 is 4. The summed E-state index contributed by atoms with van der Waals surface area (Å²) < 4.78 is 20.8. The zero-order valence-corrected chi connectivity index (χ0v) is 16.0. The summed E-state index contributed by atoms with van der Waals surface area (Å²) >= 11 is 0. The Labute approximate surface area is 163 Å². The van der Waals surface area contributed by atoms with Crippen molar-refractivity contribution in [2.45, 2.75) is 0 Å². The van der Waals surface area contributed by atoms with Crippen molar-refractivity contribution in [1.82, 2.24) is 0 Å². The van der Waals surface area contributed by atoms with Crippen molar-refractivity contribution >= 4 is 17.3 Å². The Morgan fingerprint density at radius 2 is 1.54 bits per heavy atom. The first kappa shape index (κ1) is 20.5. The molecule has 0 bridgehead atoms. The monoisotopic (exact) mass is 383 g/mol. The molecule has 146 valence electrons. The zero-order chi connectivity index (χ0) is 20.5. The predicted octanol–water partition coefficient (Wildman–Crippen LogP) is 3.18. The van der Waals surface area contributed by atoms with E-state index in [2.05, 4.69) is 10.6 Å². The molecule has 0 atom stereocenters. The Bertz CT molecular complexity index is 919. The van der Waals surface area contributed by atoms with Crippen LogP contribution in [0, 0.1) is 11.3 Å². The lowest BCUT2D eigenvalue weighted by atomic mass is 10.2. The normalized spacial score (nSPS) is 10.5. The van der Waals surface area contributed by atoms with E-state index >= 15 is 0 Å². The van der Waals surface area contributed by atoms with Crippen LogP contribution in [0.5, 0.6) is 23.0 Å². The highest BCUT2D eigenvalue weighted by Crippen LogP contribution is 2.30. The molecule has 0 saturated heterocycles. The van der Waals surface area contributed by atoms with E-state index in [1.807, 2.05) is 6.07 Å². The van der Waals surface area contributed by atoms with Gasteiger partial charge in [0, 0.05) is 18.3 Å². The van der Waals surface area contributed by atoms with E-state index in [1.165, 1.54) is 27.5 Å². The summed E-state index contributed by atoms with van der Waals surface area (Å²) in [5, 5.41) is 14.9. The van der Waals surface area contributed by atoms with Crippen LogP contribution in [0.25, 0.3) is 0 Å². The summed E-state index contributed by atoms with van der Waals surface area (Å²) in [6.07, 6.45) is 1.30. The second-order valence-electron chi connectivity index (χ2n) is 5.40. The van der Waals surface area contributed by atoms with Crippen LogP contribution in [0.15, 0.2) is 48.2 Å². The van der Waals surface area contributed by atoms with Crippen LogP contribution in [0.1, 0.15) is 0 Å². The summed E-state index contributed by atoms with van der Waals surface area (Å²) in [6, 6.07) is 12.0. The van der Waals surface area contributed by atoms with Crippen molar-refractivity contribution in [3.63, 3.8) is 0 Å². The van der Waals surface area contributed by atoms with Crippen molar-refractivity contribution in [3.8, 4) is 29.1 Å². The molecule has 0 radical (unpaired) electrons. The van der Waals surface area contributed by atoms with Crippen molar-refractivity contribution in [2.75, 3.05) is 39.1 Å². The van der Waals surface area contributed by atoms with E-state index in [4.69, 9.17) is 18.9 Å². The fourth-order valence-corrected chi connectivity index (χ4v) is 2.32. The van der Waals surface area contributed by atoms with Gasteiger partial charge in [0.05, 0.1) is 39.8 Å². The molecule has 2 N–H and O–H groups in total. The molecular weight excluding hydrogens is 362 g/mol. The van der Waals surface area contributed by atoms with Crippen molar-refractivity contribution in [3.05, 3.63) is 48.2 Å². The van der Waals surface area contributed by atoms with E-state index in [0.29, 0.717) is 34.4 Å². The third kappa shape index (κ3) is 4.86. The van der Waals surface area contributed by atoms with Crippen LogP contribution in [0.3, 0.4) is 0 Å². The number of amides is 1. The molecule has 0 heterocycles. The largest absolute Gasteiger partial charge is 0.497 e. The molecule has 0 aliphatic rings. The molecule has 28 heavy (non-hydrogen) atoms. The van der Waals surface area contributed by atoms with Crippen LogP contribution in [0.4, 0.5) is 11.4 Å². The number of nitrogens with one attached hydrogen (secondary N) is 2. The minimum atomic E-state index is -0.603. The molecule has 0 aliphatic heterocycles. The van der Waals surface area contributed by atoms with E-state index in [-0.39, 0.29) is 5.57 Å². The standard InChI is InChI=1S/C20H21N3O5/c1-25-14-6-8-18(27-3)17(9-14)23-20(24)13(11-21)12-22-16-7-5-15(26-2)10-19(16)28-4/h5-10,12,22H,1-4H3,(H,23,24)/b13-12-. The number of nitriles is 1. The van der Waals surface area contributed by atoms with Crippen molar-refractivity contribution < 1.29 is 23.7 Å². The maximum absolute atomic E-state index is 12.5. The summed E-state index contributed by atoms with van der Waals surface area (Å²) in [4.78, 5) is 12.5. The molecule has 2 aromatic rings. The number of nitrogens with zero attached hydrogens (tertiary/aromatic N) is 1. The average molecular weight is 383 g/mol. The number of anilines is 2. The molecule has 2 rings (SSSR count). The van der Waals surface area contributed by atoms with Crippen LogP contribution >= 0.6 is 0 Å². The first-order chi connectivity index (χ1) is 13.6. The molecule has 0 fully saturated rings. The van der Waals surface area contributed by atoms with Gasteiger partial charge >= 0.3 is 0 Å². The topological polar surface area (TPSA) is 102 Å². The zero-order valence-electron chi connectivity index (χ0n) is 16.0. The Kier molecular flexibility index (Phi) is 7.11. The number of hydrogen-bond acceptors (Lipinski definition) is 7. The summed E-state index contributed by atoms with van der Waals surface area (Å²) in [6.45, 7) is 0. The van der Waals surface area contributed by atoms with Gasteiger partial charge in [-0.3, -0.25) is 4.79 Å². The lowest BCUT2D eigenvalue weighted by molar-refractivity contribution is -0.112. The maximum Gasteiger partial charge on any atom is 0.267 e. The minimum absolute atomic E-state index is 0.136. The number of hydrogen-bond donors (Lipinski definition) is 2. The van der Waals surface area contributed by atoms with Crippen molar-refractivity contribution in [1.29, 1.82) is 5.26 Å². The molecule has 0 unspecified atom stereocenters. The smallest absolute Gasteiger partial charge is 0.267 e. The quantitative estimate of drug-likeness (QED) is 0.533. The lowest BCUT2D eigenvalue weighted by Crippen LogP contribution is -2.15. The van der Waals surface area contributed by atoms with Gasteiger partial charge in [-0.25, -0.2) is 0 Å². The average Bonchev–Trinajstić information content (AvgIpc) is 2.74. The van der Waals surface area contributed by atoms with Gasteiger partial charge in [0.2, 0.25) is 0 Å². The molecule has 0 saturated carbocycles. The van der Waals surface area contributed by atoms with Gasteiger partial charge in [0.1, 0.15) is 34.6 Å². The van der Waals surface area contributed by atoms with Crippen molar-refractivity contribution in [2.24, 2.45) is 0 Å². The highest BCUT2D eigenvalue weighted by molar-refractivity contribution is 6.07. The summed E-state index contributed by atoms with van der Waals surface area (Å²) in [5.74, 6) is 1.50. The van der Waals surface area contributed by atoms with Gasteiger partial charge in [0.15, 0.2) is 0 Å². The molecule has 8 nitrogen and oxygen atoms in total. The SMILES string of the molecule is COc1ccc(OC)c(NC(=O)/C(C#N)=C\Nc2ccc(OC)cc2OC)c1. The van der Waals surface area contributed by atoms with Gasteiger partial charge in [-0.2, -0.15) is 5.26 Å². The van der Waals surface area contributed by atoms with E-state index < -0.39 is 5.91 Å². The molecule has 2 aromatic carbocycles. The number of benzene rings is 2. The van der Waals surface area contributed by atoms with Gasteiger partial charge in [0.25, 0.3) is 5.91 Å². The second kappa shape index (κ2) is 9.73. The Morgan fingerprint density at radius 1 is 0.893 bits per heavy atom. The summed E-state index contributed by atoms with van der Waals surface area (Å²) in [7, 11) is 6.06. The lowest BCUT2D eigenvalue weighted by Gasteiger charge is -2.12. The fraction of sp³-hybridized carbons (Fsp3) is 0.200. The van der Waals surface area contributed by atoms with Crippen LogP contribution in [-0.4, -0.2) is 34.3 Å².